The lowest BCUT2D eigenvalue weighted by molar-refractivity contribution is -0.142. The number of methoxy groups -OCH3 is 1. The molecule has 0 amide bonds. The third kappa shape index (κ3) is 8.12. The smallest absolute Gasteiger partial charge is 0.319 e. The van der Waals surface area contributed by atoms with E-state index in [0.717, 1.165) is 25.9 Å². The third-order valence-electron chi connectivity index (χ3n) is 2.55. The number of hydrogen-bond donors (Lipinski definition) is 1. The van der Waals surface area contributed by atoms with Crippen LogP contribution >= 0.6 is 0 Å². The fourth-order valence-electron chi connectivity index (χ4n) is 1.66. The Morgan fingerprint density at radius 2 is 2.06 bits per heavy atom. The van der Waals surface area contributed by atoms with Crippen molar-refractivity contribution in [2.75, 3.05) is 39.9 Å². The van der Waals surface area contributed by atoms with Crippen LogP contribution in [-0.2, 0) is 14.3 Å². The molecule has 5 heteroatoms. The maximum Gasteiger partial charge on any atom is 0.319 e. The van der Waals surface area contributed by atoms with Crippen LogP contribution in [0.1, 0.15) is 26.7 Å². The number of ether oxygens (including phenoxy) is 2. The Morgan fingerprint density at radius 1 is 1.35 bits per heavy atom. The van der Waals surface area contributed by atoms with E-state index in [2.05, 4.69) is 16.6 Å². The second-order valence-electron chi connectivity index (χ2n) is 3.95. The van der Waals surface area contributed by atoms with Crippen LogP contribution in [0, 0.1) is 0 Å². The van der Waals surface area contributed by atoms with Gasteiger partial charge in [-0.1, -0.05) is 6.92 Å². The molecule has 0 aliphatic carbocycles. The molecular formula is C12H26N2O3. The van der Waals surface area contributed by atoms with E-state index in [1.54, 1.807) is 0 Å². The average Bonchev–Trinajstić information content (AvgIpc) is 2.34. The molecule has 0 spiro atoms. The van der Waals surface area contributed by atoms with Gasteiger partial charge in [0.2, 0.25) is 0 Å². The molecule has 2 N–H and O–H groups in total. The summed E-state index contributed by atoms with van der Waals surface area (Å²) in [6, 6.07) is 0. The summed E-state index contributed by atoms with van der Waals surface area (Å²) in [5.74, 6) is -0.195. The van der Waals surface area contributed by atoms with Crippen molar-refractivity contribution in [3.63, 3.8) is 0 Å². The number of carbonyl (C=O) groups excluding carboxylic acids is 1. The number of esters is 1. The Hall–Kier alpha value is -0.650. The summed E-state index contributed by atoms with van der Waals surface area (Å²) in [6.07, 6.45) is 1.94. The molecule has 0 aliphatic rings. The number of nitrogens with zero attached hydrogens (tertiary/aromatic N) is 1. The lowest BCUT2D eigenvalue weighted by Crippen LogP contribution is -2.35. The third-order valence-corrected chi connectivity index (χ3v) is 2.55. The number of carbonyl (C=O) groups is 1. The molecule has 0 heterocycles. The van der Waals surface area contributed by atoms with Gasteiger partial charge in [-0.3, -0.25) is 9.69 Å². The van der Waals surface area contributed by atoms with Crippen LogP contribution in [0.4, 0.5) is 0 Å². The van der Waals surface area contributed by atoms with E-state index in [1.165, 1.54) is 7.11 Å². The van der Waals surface area contributed by atoms with E-state index in [9.17, 15) is 4.79 Å². The van der Waals surface area contributed by atoms with Crippen molar-refractivity contribution >= 4 is 5.97 Å². The summed E-state index contributed by atoms with van der Waals surface area (Å²) in [7, 11) is 1.41. The molecule has 0 aromatic carbocycles. The first-order chi connectivity index (χ1) is 8.17. The predicted molar refractivity (Wildman–Crippen MR) is 67.8 cm³/mol. The summed E-state index contributed by atoms with van der Waals surface area (Å²) >= 11 is 0. The molecule has 1 unspecified atom stereocenters. The molecule has 0 saturated heterocycles. The summed E-state index contributed by atoms with van der Waals surface area (Å²) in [5.41, 5.74) is 5.61. The first-order valence-electron chi connectivity index (χ1n) is 6.28. The lowest BCUT2D eigenvalue weighted by Gasteiger charge is -2.23. The van der Waals surface area contributed by atoms with Gasteiger partial charge in [-0.05, 0) is 26.3 Å². The van der Waals surface area contributed by atoms with Gasteiger partial charge in [-0.2, -0.15) is 0 Å². The second-order valence-corrected chi connectivity index (χ2v) is 3.95. The van der Waals surface area contributed by atoms with E-state index in [0.29, 0.717) is 19.7 Å². The van der Waals surface area contributed by atoms with Gasteiger partial charge in [0.15, 0.2) is 0 Å². The molecule has 0 aromatic heterocycles. The Labute approximate surface area is 104 Å². The van der Waals surface area contributed by atoms with Gasteiger partial charge < -0.3 is 15.2 Å². The zero-order valence-electron chi connectivity index (χ0n) is 11.3. The highest BCUT2D eigenvalue weighted by Crippen LogP contribution is 2.01. The van der Waals surface area contributed by atoms with E-state index >= 15 is 0 Å². The van der Waals surface area contributed by atoms with E-state index in [-0.39, 0.29) is 12.1 Å². The van der Waals surface area contributed by atoms with Crippen LogP contribution in [0.2, 0.25) is 0 Å². The summed E-state index contributed by atoms with van der Waals surface area (Å²) in [6.45, 7) is 7.28. The molecule has 0 saturated carbocycles. The molecule has 0 radical (unpaired) electrons. The van der Waals surface area contributed by atoms with Crippen LogP contribution in [-0.4, -0.2) is 56.9 Å². The van der Waals surface area contributed by atoms with Crippen molar-refractivity contribution in [3.8, 4) is 0 Å². The number of rotatable bonds is 10. The van der Waals surface area contributed by atoms with Crippen LogP contribution in [0.5, 0.6) is 0 Å². The van der Waals surface area contributed by atoms with Gasteiger partial charge >= 0.3 is 5.97 Å². The zero-order valence-corrected chi connectivity index (χ0v) is 11.3. The number of nitrogens with two attached hydrogens (primary N) is 1. The molecular weight excluding hydrogens is 220 g/mol. The van der Waals surface area contributed by atoms with Crippen molar-refractivity contribution in [2.24, 2.45) is 5.73 Å². The van der Waals surface area contributed by atoms with Crippen molar-refractivity contribution in [1.82, 2.24) is 4.90 Å². The van der Waals surface area contributed by atoms with Crippen molar-refractivity contribution < 1.29 is 14.3 Å². The van der Waals surface area contributed by atoms with Gasteiger partial charge in [0.05, 0.1) is 19.8 Å². The topological polar surface area (TPSA) is 64.8 Å². The minimum Gasteiger partial charge on any atom is -0.468 e. The van der Waals surface area contributed by atoms with Gasteiger partial charge in [0.1, 0.15) is 0 Å². The molecule has 0 fully saturated rings. The summed E-state index contributed by atoms with van der Waals surface area (Å²) in [4.78, 5) is 13.3. The molecule has 102 valence electrons. The van der Waals surface area contributed by atoms with Crippen LogP contribution < -0.4 is 5.73 Å². The maximum absolute atomic E-state index is 11.2. The highest BCUT2D eigenvalue weighted by Gasteiger charge is 2.13. The monoisotopic (exact) mass is 246 g/mol. The van der Waals surface area contributed by atoms with Crippen molar-refractivity contribution in [1.29, 1.82) is 0 Å². The van der Waals surface area contributed by atoms with Crippen LogP contribution in [0.15, 0.2) is 0 Å². The minimum absolute atomic E-state index is 0.0806. The largest absolute Gasteiger partial charge is 0.468 e. The van der Waals surface area contributed by atoms with E-state index in [4.69, 9.17) is 10.5 Å². The van der Waals surface area contributed by atoms with Crippen LogP contribution in [0.25, 0.3) is 0 Å². The fraction of sp³-hybridized carbons (Fsp3) is 0.917. The van der Waals surface area contributed by atoms with Gasteiger partial charge in [0.25, 0.3) is 0 Å². The van der Waals surface area contributed by atoms with E-state index < -0.39 is 0 Å². The second kappa shape index (κ2) is 10.5. The SMILES string of the molecule is CCCN(CCC(CN)OCC)CC(=O)OC. The maximum atomic E-state index is 11.2. The summed E-state index contributed by atoms with van der Waals surface area (Å²) in [5, 5.41) is 0. The molecule has 5 nitrogen and oxygen atoms in total. The minimum atomic E-state index is -0.195. The average molecular weight is 246 g/mol. The van der Waals surface area contributed by atoms with Gasteiger partial charge in [0, 0.05) is 19.7 Å². The normalized spacial score (nSPS) is 12.8. The fourth-order valence-corrected chi connectivity index (χ4v) is 1.66. The molecule has 0 bridgehead atoms. The van der Waals surface area contributed by atoms with Gasteiger partial charge in [-0.15, -0.1) is 0 Å². The zero-order chi connectivity index (χ0) is 13.1. The highest BCUT2D eigenvalue weighted by molar-refractivity contribution is 5.71. The van der Waals surface area contributed by atoms with E-state index in [1.807, 2.05) is 6.92 Å². The molecule has 17 heavy (non-hydrogen) atoms. The predicted octanol–water partition coefficient (Wildman–Crippen LogP) is 0.625. The van der Waals surface area contributed by atoms with Gasteiger partial charge in [-0.25, -0.2) is 0 Å². The lowest BCUT2D eigenvalue weighted by atomic mass is 10.2. The Bertz CT molecular complexity index is 200. The standard InChI is InChI=1S/C12H26N2O3/c1-4-7-14(10-12(15)16-3)8-6-11(9-13)17-5-2/h11H,4-10,13H2,1-3H3. The molecule has 1 atom stereocenters. The first kappa shape index (κ1) is 16.4. The highest BCUT2D eigenvalue weighted by atomic mass is 16.5. The van der Waals surface area contributed by atoms with Crippen molar-refractivity contribution in [2.45, 2.75) is 32.8 Å². The Balaban J connectivity index is 4.01. The van der Waals surface area contributed by atoms with Crippen LogP contribution in [0.3, 0.4) is 0 Å². The number of hydrogen-bond acceptors (Lipinski definition) is 5. The first-order valence-corrected chi connectivity index (χ1v) is 6.28. The Morgan fingerprint density at radius 3 is 2.53 bits per heavy atom. The Kier molecular flexibility index (Phi) is 10.1. The van der Waals surface area contributed by atoms with Crippen molar-refractivity contribution in [3.05, 3.63) is 0 Å². The summed E-state index contributed by atoms with van der Waals surface area (Å²) < 4.78 is 10.2. The molecule has 0 rings (SSSR count). The molecule has 0 aliphatic heterocycles. The quantitative estimate of drug-likeness (QED) is 0.573. The molecule has 0 aromatic rings.